The number of carbonyl (C=O) groups is 2. The molecule has 0 radical (unpaired) electrons. The third-order valence-electron chi connectivity index (χ3n) is 5.69. The third-order valence-corrected chi connectivity index (χ3v) is 6.89. The first kappa shape index (κ1) is 25.4. The van der Waals surface area contributed by atoms with E-state index in [0.717, 1.165) is 11.8 Å². The molecular formula is C24H31N3O6S. The molecule has 1 heterocycles. The molecule has 1 atom stereocenters. The third kappa shape index (κ3) is 6.40. The Balaban J connectivity index is 1.67. The zero-order valence-electron chi connectivity index (χ0n) is 19.7. The van der Waals surface area contributed by atoms with Gasteiger partial charge in [-0.25, -0.2) is 8.42 Å². The SMILES string of the molecule is CNC(=O)C(C)N(CCc1ccccc1)C(=O)CCCN(c1ccc2c(c1)OCO2)S(C)(=O)=O. The van der Waals surface area contributed by atoms with Crippen molar-refractivity contribution in [3.8, 4) is 11.5 Å². The maximum Gasteiger partial charge on any atom is 0.242 e. The highest BCUT2D eigenvalue weighted by molar-refractivity contribution is 7.92. The molecule has 1 aliphatic rings. The predicted octanol–water partition coefficient (Wildman–Crippen LogP) is 2.17. The molecule has 0 bridgehead atoms. The average Bonchev–Trinajstić information content (AvgIpc) is 3.29. The lowest BCUT2D eigenvalue weighted by Gasteiger charge is -2.29. The van der Waals surface area contributed by atoms with Gasteiger partial charge in [0.1, 0.15) is 6.04 Å². The fourth-order valence-electron chi connectivity index (χ4n) is 3.82. The number of hydrogen-bond donors (Lipinski definition) is 1. The minimum absolute atomic E-state index is 0.0918. The van der Waals surface area contributed by atoms with Gasteiger partial charge in [0.15, 0.2) is 11.5 Å². The van der Waals surface area contributed by atoms with Gasteiger partial charge in [0.2, 0.25) is 28.6 Å². The first-order valence-corrected chi connectivity index (χ1v) is 13.0. The first-order chi connectivity index (χ1) is 16.2. The van der Waals surface area contributed by atoms with Crippen LogP contribution in [0.3, 0.4) is 0 Å². The second-order valence-electron chi connectivity index (χ2n) is 8.09. The number of rotatable bonds is 11. The molecule has 34 heavy (non-hydrogen) atoms. The van der Waals surface area contributed by atoms with E-state index in [2.05, 4.69) is 5.32 Å². The van der Waals surface area contributed by atoms with Gasteiger partial charge in [-0.3, -0.25) is 13.9 Å². The van der Waals surface area contributed by atoms with Gasteiger partial charge in [-0.05, 0) is 37.5 Å². The Kier molecular flexibility index (Phi) is 8.38. The lowest BCUT2D eigenvalue weighted by Crippen LogP contribution is -2.48. The van der Waals surface area contributed by atoms with Gasteiger partial charge >= 0.3 is 0 Å². The smallest absolute Gasteiger partial charge is 0.242 e. The fraction of sp³-hybridized carbons (Fsp3) is 0.417. The average molecular weight is 490 g/mol. The van der Waals surface area contributed by atoms with Crippen LogP contribution in [-0.4, -0.2) is 64.4 Å². The van der Waals surface area contributed by atoms with Crippen molar-refractivity contribution in [3.05, 3.63) is 54.1 Å². The van der Waals surface area contributed by atoms with E-state index in [1.807, 2.05) is 30.3 Å². The van der Waals surface area contributed by atoms with Gasteiger partial charge in [0.05, 0.1) is 11.9 Å². The number of anilines is 1. The van der Waals surface area contributed by atoms with Crippen LogP contribution in [0, 0.1) is 0 Å². The van der Waals surface area contributed by atoms with Crippen molar-refractivity contribution in [2.45, 2.75) is 32.2 Å². The molecule has 3 rings (SSSR count). The summed E-state index contributed by atoms with van der Waals surface area (Å²) >= 11 is 0. The van der Waals surface area contributed by atoms with Crippen LogP contribution in [0.1, 0.15) is 25.3 Å². The summed E-state index contributed by atoms with van der Waals surface area (Å²) in [7, 11) is -2.05. The molecule has 2 aromatic carbocycles. The molecule has 0 aliphatic carbocycles. The Morgan fingerprint density at radius 3 is 2.44 bits per heavy atom. The molecular weight excluding hydrogens is 458 g/mol. The Labute approximate surface area is 200 Å². The maximum absolute atomic E-state index is 13.1. The van der Waals surface area contributed by atoms with Gasteiger partial charge in [-0.2, -0.15) is 0 Å². The van der Waals surface area contributed by atoms with Crippen molar-refractivity contribution in [2.75, 3.05) is 37.5 Å². The molecule has 0 fully saturated rings. The highest BCUT2D eigenvalue weighted by Crippen LogP contribution is 2.36. The molecule has 1 aliphatic heterocycles. The van der Waals surface area contributed by atoms with Crippen LogP contribution in [-0.2, 0) is 26.0 Å². The van der Waals surface area contributed by atoms with E-state index >= 15 is 0 Å². The molecule has 10 heteroatoms. The summed E-state index contributed by atoms with van der Waals surface area (Å²) in [6.07, 6.45) is 2.13. The van der Waals surface area contributed by atoms with E-state index in [4.69, 9.17) is 9.47 Å². The van der Waals surface area contributed by atoms with Crippen LogP contribution in [0.25, 0.3) is 0 Å². The van der Waals surface area contributed by atoms with Gasteiger partial charge in [0, 0.05) is 32.6 Å². The molecule has 0 spiro atoms. The lowest BCUT2D eigenvalue weighted by atomic mass is 10.1. The monoisotopic (exact) mass is 489 g/mol. The van der Waals surface area contributed by atoms with Crippen molar-refractivity contribution in [2.24, 2.45) is 0 Å². The second kappa shape index (κ2) is 11.2. The topological polar surface area (TPSA) is 105 Å². The number of likely N-dealkylation sites (N-methyl/N-ethyl adjacent to an activating group) is 1. The molecule has 184 valence electrons. The largest absolute Gasteiger partial charge is 0.454 e. The predicted molar refractivity (Wildman–Crippen MR) is 129 cm³/mol. The summed E-state index contributed by atoms with van der Waals surface area (Å²) in [4.78, 5) is 26.9. The number of fused-ring (bicyclic) bond motifs is 1. The standard InChI is InChI=1S/C24H31N3O6S/c1-18(24(29)25-2)26(15-13-19-8-5-4-6-9-19)23(28)10-7-14-27(34(3,30)31)20-11-12-21-22(16-20)33-17-32-21/h4-6,8-9,11-12,16,18H,7,10,13-15,17H2,1-3H3,(H,25,29). The second-order valence-corrected chi connectivity index (χ2v) is 10.00. The van der Waals surface area contributed by atoms with Crippen molar-refractivity contribution in [1.82, 2.24) is 10.2 Å². The van der Waals surface area contributed by atoms with Crippen LogP contribution in [0.15, 0.2) is 48.5 Å². The summed E-state index contributed by atoms with van der Waals surface area (Å²) in [5.74, 6) is 0.587. The zero-order valence-corrected chi connectivity index (χ0v) is 20.5. The van der Waals surface area contributed by atoms with E-state index in [1.54, 1.807) is 30.0 Å². The molecule has 2 amide bonds. The highest BCUT2D eigenvalue weighted by Gasteiger charge is 2.26. The number of hydrogen-bond acceptors (Lipinski definition) is 6. The van der Waals surface area contributed by atoms with Crippen molar-refractivity contribution < 1.29 is 27.5 Å². The fourth-order valence-corrected chi connectivity index (χ4v) is 4.78. The van der Waals surface area contributed by atoms with Gasteiger partial charge in [-0.15, -0.1) is 0 Å². The highest BCUT2D eigenvalue weighted by atomic mass is 32.2. The van der Waals surface area contributed by atoms with Crippen LogP contribution in [0.4, 0.5) is 5.69 Å². The maximum atomic E-state index is 13.1. The Morgan fingerprint density at radius 2 is 1.76 bits per heavy atom. The van der Waals surface area contributed by atoms with Gasteiger partial charge < -0.3 is 19.7 Å². The van der Waals surface area contributed by atoms with Gasteiger partial charge in [0.25, 0.3) is 0 Å². The normalized spacial score (nSPS) is 13.3. The summed E-state index contributed by atoms with van der Waals surface area (Å²) in [6, 6.07) is 14.0. The van der Waals surface area contributed by atoms with Crippen LogP contribution < -0.4 is 19.1 Å². The van der Waals surface area contributed by atoms with E-state index in [0.29, 0.717) is 36.6 Å². The van der Waals surface area contributed by atoms with E-state index in [9.17, 15) is 18.0 Å². The zero-order chi connectivity index (χ0) is 24.7. The van der Waals surface area contributed by atoms with E-state index in [1.165, 1.54) is 11.4 Å². The van der Waals surface area contributed by atoms with Crippen molar-refractivity contribution >= 4 is 27.5 Å². The van der Waals surface area contributed by atoms with Crippen LogP contribution in [0.2, 0.25) is 0 Å². The Bertz CT molecular complexity index is 1110. The van der Waals surface area contributed by atoms with Crippen LogP contribution >= 0.6 is 0 Å². The molecule has 2 aromatic rings. The number of nitrogens with zero attached hydrogens (tertiary/aromatic N) is 2. The Hall–Kier alpha value is -3.27. The van der Waals surface area contributed by atoms with Crippen molar-refractivity contribution in [3.63, 3.8) is 0 Å². The number of sulfonamides is 1. The number of carbonyl (C=O) groups excluding carboxylic acids is 2. The summed E-state index contributed by atoms with van der Waals surface area (Å²) in [6.45, 7) is 2.28. The minimum Gasteiger partial charge on any atom is -0.454 e. The first-order valence-electron chi connectivity index (χ1n) is 11.1. The molecule has 0 aromatic heterocycles. The molecule has 1 N–H and O–H groups in total. The molecule has 1 unspecified atom stereocenters. The number of benzene rings is 2. The number of ether oxygens (including phenoxy) is 2. The summed E-state index contributed by atoms with van der Waals surface area (Å²) in [5, 5.41) is 2.59. The summed E-state index contributed by atoms with van der Waals surface area (Å²) in [5.41, 5.74) is 1.51. The molecule has 0 saturated carbocycles. The summed E-state index contributed by atoms with van der Waals surface area (Å²) < 4.78 is 36.8. The number of amides is 2. The van der Waals surface area contributed by atoms with Gasteiger partial charge in [-0.1, -0.05) is 30.3 Å². The minimum atomic E-state index is -3.59. The molecule has 0 saturated heterocycles. The van der Waals surface area contributed by atoms with E-state index in [-0.39, 0.29) is 31.6 Å². The number of nitrogens with one attached hydrogen (secondary N) is 1. The molecule has 9 nitrogen and oxygen atoms in total. The van der Waals surface area contributed by atoms with E-state index < -0.39 is 16.1 Å². The van der Waals surface area contributed by atoms with Crippen molar-refractivity contribution in [1.29, 1.82) is 0 Å². The lowest BCUT2D eigenvalue weighted by molar-refractivity contribution is -0.139. The Morgan fingerprint density at radius 1 is 1.06 bits per heavy atom. The van der Waals surface area contributed by atoms with Crippen LogP contribution in [0.5, 0.6) is 11.5 Å². The quantitative estimate of drug-likeness (QED) is 0.519.